The molecule has 0 radical (unpaired) electrons. The van der Waals surface area contributed by atoms with E-state index in [0.29, 0.717) is 14.8 Å². The first kappa shape index (κ1) is 22.2. The fourth-order valence-corrected chi connectivity index (χ4v) is 5.12. The summed E-state index contributed by atoms with van der Waals surface area (Å²) >= 11 is 1.86. The van der Waals surface area contributed by atoms with E-state index in [1.54, 1.807) is 0 Å². The van der Waals surface area contributed by atoms with E-state index >= 15 is 0 Å². The molecule has 1 fully saturated rings. The van der Waals surface area contributed by atoms with E-state index in [1.807, 2.05) is 22.6 Å². The van der Waals surface area contributed by atoms with Crippen molar-refractivity contribution in [1.29, 1.82) is 0 Å². The topological polar surface area (TPSA) is 126 Å². The maximum absolute atomic E-state index is 14.6. The SMILES string of the molecule is Cn1c(N(C(=O)O)c2ccc(I)cc2F)c(NS(=O)(=O)C2(CC=O)CC2)ccc1=O. The number of hydrogen-bond donors (Lipinski definition) is 2. The van der Waals surface area contributed by atoms with Gasteiger partial charge in [-0.1, -0.05) is 0 Å². The molecule has 0 bridgehead atoms. The first-order valence-electron chi connectivity index (χ1n) is 8.67. The number of aldehydes is 1. The Morgan fingerprint density at radius 3 is 2.57 bits per heavy atom. The number of carbonyl (C=O) groups excluding carboxylic acids is 1. The third-order valence-electron chi connectivity index (χ3n) is 4.91. The van der Waals surface area contributed by atoms with Gasteiger partial charge in [-0.15, -0.1) is 0 Å². The minimum atomic E-state index is -4.09. The molecule has 1 heterocycles. The van der Waals surface area contributed by atoms with Crippen molar-refractivity contribution in [3.05, 3.63) is 50.1 Å². The molecule has 1 saturated carbocycles. The van der Waals surface area contributed by atoms with Gasteiger partial charge < -0.3 is 9.90 Å². The van der Waals surface area contributed by atoms with Gasteiger partial charge in [0.1, 0.15) is 17.9 Å². The fourth-order valence-electron chi connectivity index (χ4n) is 3.07. The minimum absolute atomic E-state index is 0.210. The lowest BCUT2D eigenvalue weighted by atomic mass is 10.2. The second-order valence-electron chi connectivity index (χ2n) is 6.84. The molecule has 2 N–H and O–H groups in total. The highest BCUT2D eigenvalue weighted by molar-refractivity contribution is 14.1. The number of halogens is 2. The van der Waals surface area contributed by atoms with Crippen LogP contribution in [0.4, 0.5) is 26.4 Å². The smallest absolute Gasteiger partial charge is 0.417 e. The van der Waals surface area contributed by atoms with Crippen LogP contribution in [0.1, 0.15) is 19.3 Å². The summed E-state index contributed by atoms with van der Waals surface area (Å²) in [6.07, 6.45) is -0.769. The van der Waals surface area contributed by atoms with Crippen LogP contribution in [0.25, 0.3) is 0 Å². The second-order valence-corrected chi connectivity index (χ2v) is 10.2. The highest BCUT2D eigenvalue weighted by atomic mass is 127. The van der Waals surface area contributed by atoms with Gasteiger partial charge in [-0.3, -0.25) is 14.1 Å². The van der Waals surface area contributed by atoms with Crippen LogP contribution >= 0.6 is 22.6 Å². The number of nitrogens with zero attached hydrogens (tertiary/aromatic N) is 2. The Balaban J connectivity index is 2.18. The number of rotatable bonds is 7. The summed E-state index contributed by atoms with van der Waals surface area (Å²) < 4.78 is 42.8. The highest BCUT2D eigenvalue weighted by Crippen LogP contribution is 2.47. The van der Waals surface area contributed by atoms with E-state index in [1.165, 1.54) is 19.2 Å². The average Bonchev–Trinajstić information content (AvgIpc) is 3.44. The van der Waals surface area contributed by atoms with Gasteiger partial charge in [0.15, 0.2) is 0 Å². The van der Waals surface area contributed by atoms with Crippen molar-refractivity contribution in [2.45, 2.75) is 24.0 Å². The molecule has 2 aromatic rings. The summed E-state index contributed by atoms with van der Waals surface area (Å²) in [5.74, 6) is -1.24. The third-order valence-corrected chi connectivity index (χ3v) is 7.79. The fraction of sp³-hybridized carbons (Fsp3) is 0.278. The van der Waals surface area contributed by atoms with Crippen LogP contribution in [0.15, 0.2) is 35.1 Å². The normalized spacial score (nSPS) is 14.8. The number of nitrogens with one attached hydrogen (secondary N) is 1. The van der Waals surface area contributed by atoms with Gasteiger partial charge in [-0.05, 0) is 59.7 Å². The number of anilines is 3. The van der Waals surface area contributed by atoms with E-state index in [2.05, 4.69) is 4.72 Å². The van der Waals surface area contributed by atoms with E-state index < -0.39 is 32.2 Å². The van der Waals surface area contributed by atoms with Crippen LogP contribution in [-0.4, -0.2) is 35.2 Å². The Hall–Kier alpha value is -2.48. The van der Waals surface area contributed by atoms with E-state index in [9.17, 15) is 32.3 Å². The summed E-state index contributed by atoms with van der Waals surface area (Å²) in [7, 11) is -2.84. The zero-order chi connectivity index (χ0) is 22.3. The molecule has 160 valence electrons. The van der Waals surface area contributed by atoms with Crippen LogP contribution in [0.5, 0.6) is 0 Å². The molecular formula is C18H17FIN3O6S. The molecule has 1 aromatic heterocycles. The van der Waals surface area contributed by atoms with Gasteiger partial charge >= 0.3 is 6.09 Å². The molecule has 1 aromatic carbocycles. The molecule has 0 atom stereocenters. The summed E-state index contributed by atoms with van der Waals surface area (Å²) in [4.78, 5) is 35.7. The number of pyridine rings is 1. The zero-order valence-electron chi connectivity index (χ0n) is 15.6. The lowest BCUT2D eigenvalue weighted by molar-refractivity contribution is -0.107. The highest BCUT2D eigenvalue weighted by Gasteiger charge is 2.54. The quantitative estimate of drug-likeness (QED) is 0.404. The maximum atomic E-state index is 14.6. The van der Waals surface area contributed by atoms with Gasteiger partial charge in [0.25, 0.3) is 5.56 Å². The van der Waals surface area contributed by atoms with Gasteiger partial charge in [0, 0.05) is 23.1 Å². The molecule has 0 spiro atoms. The van der Waals surface area contributed by atoms with Crippen LogP contribution < -0.4 is 15.2 Å². The van der Waals surface area contributed by atoms with Crippen molar-refractivity contribution in [1.82, 2.24) is 4.57 Å². The molecule has 1 amide bonds. The van der Waals surface area contributed by atoms with Crippen LogP contribution in [0, 0.1) is 9.39 Å². The first-order chi connectivity index (χ1) is 14.0. The van der Waals surface area contributed by atoms with Gasteiger partial charge in [-0.2, -0.15) is 0 Å². The second kappa shape index (κ2) is 7.98. The molecule has 12 heteroatoms. The van der Waals surface area contributed by atoms with Crippen LogP contribution in [0.2, 0.25) is 0 Å². The van der Waals surface area contributed by atoms with E-state index in [4.69, 9.17) is 0 Å². The Bertz CT molecular complexity index is 1190. The van der Waals surface area contributed by atoms with Crippen molar-refractivity contribution >= 4 is 62.2 Å². The van der Waals surface area contributed by atoms with Gasteiger partial charge in [0.05, 0.1) is 16.1 Å². The minimum Gasteiger partial charge on any atom is -0.464 e. The first-order valence-corrected chi connectivity index (χ1v) is 11.2. The van der Waals surface area contributed by atoms with Gasteiger partial charge in [0.2, 0.25) is 10.0 Å². The number of hydrogen-bond acceptors (Lipinski definition) is 5. The van der Waals surface area contributed by atoms with Crippen molar-refractivity contribution in [2.75, 3.05) is 9.62 Å². The molecule has 3 rings (SSSR count). The number of carboxylic acid groups (broad SMARTS) is 1. The third kappa shape index (κ3) is 3.93. The summed E-state index contributed by atoms with van der Waals surface area (Å²) in [6.45, 7) is 0. The Kier molecular flexibility index (Phi) is 5.91. The molecule has 1 aliphatic carbocycles. The summed E-state index contributed by atoms with van der Waals surface area (Å²) in [5, 5.41) is 9.79. The van der Waals surface area contributed by atoms with Gasteiger partial charge in [-0.25, -0.2) is 22.5 Å². The molecule has 0 unspecified atom stereocenters. The number of carbonyl (C=O) groups is 2. The predicted molar refractivity (Wildman–Crippen MR) is 116 cm³/mol. The summed E-state index contributed by atoms with van der Waals surface area (Å²) in [6, 6.07) is 5.98. The van der Waals surface area contributed by atoms with E-state index in [0.717, 1.165) is 22.8 Å². The Morgan fingerprint density at radius 2 is 2.03 bits per heavy atom. The molecule has 9 nitrogen and oxygen atoms in total. The molecule has 0 saturated heterocycles. The molecular weight excluding hydrogens is 532 g/mol. The summed E-state index contributed by atoms with van der Waals surface area (Å²) in [5.41, 5.74) is -1.23. The van der Waals surface area contributed by atoms with Crippen LogP contribution in [-0.2, 0) is 21.9 Å². The van der Waals surface area contributed by atoms with Crippen molar-refractivity contribution in [3.8, 4) is 0 Å². The molecule has 30 heavy (non-hydrogen) atoms. The largest absolute Gasteiger partial charge is 0.464 e. The standard InChI is InChI=1S/C18H17FIN3O6S/c1-22-15(25)5-3-13(21-30(28,29)18(6-7-18)8-9-24)16(22)23(17(26)27)14-4-2-11(20)10-12(14)19/h2-5,9-10,21H,6-8H2,1H3,(H,26,27). The van der Waals surface area contributed by atoms with Crippen LogP contribution in [0.3, 0.4) is 0 Å². The lowest BCUT2D eigenvalue weighted by Crippen LogP contribution is -2.35. The Morgan fingerprint density at radius 1 is 1.37 bits per heavy atom. The Labute approximate surface area is 184 Å². The van der Waals surface area contributed by atoms with Crippen molar-refractivity contribution < 1.29 is 27.5 Å². The van der Waals surface area contributed by atoms with Crippen molar-refractivity contribution in [3.63, 3.8) is 0 Å². The zero-order valence-corrected chi connectivity index (χ0v) is 18.6. The maximum Gasteiger partial charge on any atom is 0.417 e. The molecule has 1 aliphatic rings. The lowest BCUT2D eigenvalue weighted by Gasteiger charge is -2.26. The number of sulfonamides is 1. The number of benzene rings is 1. The predicted octanol–water partition coefficient (Wildman–Crippen LogP) is 2.81. The monoisotopic (exact) mass is 549 g/mol. The molecule has 0 aliphatic heterocycles. The van der Waals surface area contributed by atoms with E-state index in [-0.39, 0.29) is 36.5 Å². The average molecular weight is 549 g/mol. The van der Waals surface area contributed by atoms with Crippen molar-refractivity contribution in [2.24, 2.45) is 7.05 Å². The number of amides is 1. The number of aromatic nitrogens is 1.